The molecule has 0 saturated carbocycles. The van der Waals surface area contributed by atoms with Gasteiger partial charge in [-0.1, -0.05) is 23.2 Å². The van der Waals surface area contributed by atoms with Crippen molar-refractivity contribution in [3.8, 4) is 5.75 Å². The van der Waals surface area contributed by atoms with E-state index in [0.717, 1.165) is 0 Å². The molecule has 0 aliphatic rings. The Bertz CT molecular complexity index is 330. The minimum Gasteiger partial charge on any atom is -0.488 e. The van der Waals surface area contributed by atoms with E-state index in [4.69, 9.17) is 32.7 Å². The first-order valence-corrected chi connectivity index (χ1v) is 5.00. The first-order valence-electron chi connectivity index (χ1n) is 4.25. The Morgan fingerprint density at radius 1 is 1.27 bits per heavy atom. The van der Waals surface area contributed by atoms with E-state index in [1.807, 2.05) is 0 Å². The molecule has 0 N–H and O–H groups in total. The van der Waals surface area contributed by atoms with E-state index in [9.17, 15) is 4.79 Å². The van der Waals surface area contributed by atoms with Gasteiger partial charge in [-0.15, -0.1) is 0 Å². The normalized spacial score (nSPS) is 10.1. The van der Waals surface area contributed by atoms with Gasteiger partial charge in [-0.3, -0.25) is 4.79 Å². The summed E-state index contributed by atoms with van der Waals surface area (Å²) in [7, 11) is 1.57. The van der Waals surface area contributed by atoms with E-state index in [-0.39, 0.29) is 0 Å². The lowest BCUT2D eigenvalue weighted by Crippen LogP contribution is -2.05. The molecule has 0 amide bonds. The zero-order chi connectivity index (χ0) is 11.3. The van der Waals surface area contributed by atoms with E-state index in [1.54, 1.807) is 7.11 Å². The smallest absolute Gasteiger partial charge is 0.156 e. The molecule has 0 unspecified atom stereocenters. The summed E-state index contributed by atoms with van der Waals surface area (Å²) in [5.41, 5.74) is 0.420. The van der Waals surface area contributed by atoms with Gasteiger partial charge in [-0.2, -0.15) is 0 Å². The molecule has 0 saturated heterocycles. The third kappa shape index (κ3) is 3.38. The maximum absolute atomic E-state index is 10.5. The van der Waals surface area contributed by atoms with E-state index in [0.29, 0.717) is 40.9 Å². The maximum atomic E-state index is 10.5. The van der Waals surface area contributed by atoms with Crippen LogP contribution in [-0.2, 0) is 4.74 Å². The van der Waals surface area contributed by atoms with Crippen LogP contribution in [0, 0.1) is 0 Å². The van der Waals surface area contributed by atoms with Crippen molar-refractivity contribution >= 4 is 29.5 Å². The summed E-state index contributed by atoms with van der Waals surface area (Å²) in [5.74, 6) is 0.376. The summed E-state index contributed by atoms with van der Waals surface area (Å²) in [6.07, 6.45) is 0.677. The number of aldehydes is 1. The number of hydrogen-bond acceptors (Lipinski definition) is 3. The van der Waals surface area contributed by atoms with Gasteiger partial charge in [-0.05, 0) is 12.1 Å². The van der Waals surface area contributed by atoms with Crippen molar-refractivity contribution in [2.45, 2.75) is 0 Å². The molecule has 1 rings (SSSR count). The molecule has 0 aliphatic heterocycles. The Labute approximate surface area is 97.9 Å². The van der Waals surface area contributed by atoms with E-state index < -0.39 is 0 Å². The molecule has 1 aromatic carbocycles. The van der Waals surface area contributed by atoms with Crippen LogP contribution >= 0.6 is 23.2 Å². The fourth-order valence-electron chi connectivity index (χ4n) is 1.01. The highest BCUT2D eigenvalue weighted by atomic mass is 35.5. The predicted molar refractivity (Wildman–Crippen MR) is 59.2 cm³/mol. The molecular weight excluding hydrogens is 239 g/mol. The topological polar surface area (TPSA) is 35.5 Å². The van der Waals surface area contributed by atoms with Crippen molar-refractivity contribution < 1.29 is 14.3 Å². The van der Waals surface area contributed by atoms with Crippen LogP contribution in [0.2, 0.25) is 10.0 Å². The van der Waals surface area contributed by atoms with Crippen LogP contribution in [0.25, 0.3) is 0 Å². The second-order valence-electron chi connectivity index (χ2n) is 2.77. The number of ether oxygens (including phenoxy) is 2. The van der Waals surface area contributed by atoms with Gasteiger partial charge in [-0.25, -0.2) is 0 Å². The van der Waals surface area contributed by atoms with Gasteiger partial charge >= 0.3 is 0 Å². The van der Waals surface area contributed by atoms with Crippen LogP contribution in [0.1, 0.15) is 10.4 Å². The number of benzene rings is 1. The highest BCUT2D eigenvalue weighted by molar-refractivity contribution is 6.37. The van der Waals surface area contributed by atoms with Crippen molar-refractivity contribution in [1.29, 1.82) is 0 Å². The van der Waals surface area contributed by atoms with Crippen LogP contribution in [0.5, 0.6) is 5.75 Å². The molecule has 0 aliphatic carbocycles. The van der Waals surface area contributed by atoms with Gasteiger partial charge in [0.05, 0.1) is 16.7 Å². The molecule has 0 fully saturated rings. The Balaban J connectivity index is 2.83. The fourth-order valence-corrected chi connectivity index (χ4v) is 1.63. The first kappa shape index (κ1) is 12.3. The number of rotatable bonds is 5. The number of halogens is 2. The molecule has 82 valence electrons. The monoisotopic (exact) mass is 248 g/mol. The molecule has 0 atom stereocenters. The minimum atomic E-state index is 0.320. The number of carbonyl (C=O) groups is 1. The van der Waals surface area contributed by atoms with E-state index in [2.05, 4.69) is 0 Å². The zero-order valence-corrected chi connectivity index (χ0v) is 9.64. The highest BCUT2D eigenvalue weighted by Crippen LogP contribution is 2.33. The van der Waals surface area contributed by atoms with Gasteiger partial charge in [0, 0.05) is 12.7 Å². The molecule has 3 nitrogen and oxygen atoms in total. The van der Waals surface area contributed by atoms with Gasteiger partial charge < -0.3 is 9.47 Å². The van der Waals surface area contributed by atoms with Crippen LogP contribution < -0.4 is 4.74 Å². The average Bonchev–Trinajstić information content (AvgIpc) is 2.22. The Kier molecular flexibility index (Phi) is 4.88. The Morgan fingerprint density at radius 3 is 2.33 bits per heavy atom. The third-order valence-corrected chi connectivity index (χ3v) is 2.25. The molecule has 1 aromatic rings. The molecule has 0 aromatic heterocycles. The molecule has 15 heavy (non-hydrogen) atoms. The lowest BCUT2D eigenvalue weighted by molar-refractivity contribution is 0.112. The SMILES string of the molecule is COCCOc1c(Cl)cc(C=O)cc1Cl. The molecular formula is C10H10Cl2O3. The molecule has 0 bridgehead atoms. The van der Waals surface area contributed by atoms with Crippen molar-refractivity contribution in [2.75, 3.05) is 20.3 Å². The second-order valence-corrected chi connectivity index (χ2v) is 3.59. The summed E-state index contributed by atoms with van der Waals surface area (Å²) < 4.78 is 10.1. The summed E-state index contributed by atoms with van der Waals surface area (Å²) in [6, 6.07) is 3.01. The zero-order valence-electron chi connectivity index (χ0n) is 8.13. The minimum absolute atomic E-state index is 0.320. The summed E-state index contributed by atoms with van der Waals surface area (Å²) in [6.45, 7) is 0.804. The standard InChI is InChI=1S/C10H10Cl2O3/c1-14-2-3-15-10-8(11)4-7(6-13)5-9(10)12/h4-6H,2-3H2,1H3. The second kappa shape index (κ2) is 5.95. The highest BCUT2D eigenvalue weighted by Gasteiger charge is 2.09. The van der Waals surface area contributed by atoms with E-state index in [1.165, 1.54) is 12.1 Å². The van der Waals surface area contributed by atoms with Crippen LogP contribution in [-0.4, -0.2) is 26.6 Å². The Morgan fingerprint density at radius 2 is 1.87 bits per heavy atom. The largest absolute Gasteiger partial charge is 0.488 e. The lowest BCUT2D eigenvalue weighted by Gasteiger charge is -2.09. The first-order chi connectivity index (χ1) is 7.19. The van der Waals surface area contributed by atoms with E-state index >= 15 is 0 Å². The van der Waals surface area contributed by atoms with Crippen LogP contribution in [0.15, 0.2) is 12.1 Å². The average molecular weight is 249 g/mol. The number of carbonyl (C=O) groups excluding carboxylic acids is 1. The van der Waals surface area contributed by atoms with Crippen molar-refractivity contribution in [3.05, 3.63) is 27.7 Å². The summed E-state index contributed by atoms with van der Waals surface area (Å²) in [5, 5.41) is 0.640. The Hall–Kier alpha value is -0.770. The van der Waals surface area contributed by atoms with Gasteiger partial charge in [0.2, 0.25) is 0 Å². The van der Waals surface area contributed by atoms with Crippen LogP contribution in [0.3, 0.4) is 0 Å². The maximum Gasteiger partial charge on any atom is 0.156 e. The predicted octanol–water partition coefficient (Wildman–Crippen LogP) is 2.83. The molecule has 0 radical (unpaired) electrons. The van der Waals surface area contributed by atoms with Crippen LogP contribution in [0.4, 0.5) is 0 Å². The molecule has 0 heterocycles. The summed E-state index contributed by atoms with van der Waals surface area (Å²) >= 11 is 11.8. The quantitative estimate of drug-likeness (QED) is 0.594. The summed E-state index contributed by atoms with van der Waals surface area (Å²) in [4.78, 5) is 10.5. The molecule has 5 heteroatoms. The molecule has 0 spiro atoms. The number of methoxy groups -OCH3 is 1. The van der Waals surface area contributed by atoms with Gasteiger partial charge in [0.25, 0.3) is 0 Å². The van der Waals surface area contributed by atoms with Gasteiger partial charge in [0.15, 0.2) is 5.75 Å². The number of hydrogen-bond donors (Lipinski definition) is 0. The van der Waals surface area contributed by atoms with Gasteiger partial charge in [0.1, 0.15) is 12.9 Å². The van der Waals surface area contributed by atoms with Crippen molar-refractivity contribution in [3.63, 3.8) is 0 Å². The van der Waals surface area contributed by atoms with Crippen molar-refractivity contribution in [2.24, 2.45) is 0 Å². The fraction of sp³-hybridized carbons (Fsp3) is 0.300. The van der Waals surface area contributed by atoms with Crippen molar-refractivity contribution in [1.82, 2.24) is 0 Å². The third-order valence-electron chi connectivity index (χ3n) is 1.69. The lowest BCUT2D eigenvalue weighted by atomic mass is 10.2.